The summed E-state index contributed by atoms with van der Waals surface area (Å²) in [6, 6.07) is 12.6. The highest BCUT2D eigenvalue weighted by atomic mass is 16.5. The smallest absolute Gasteiger partial charge is 0.161 e. The molecule has 0 saturated heterocycles. The van der Waals surface area contributed by atoms with Gasteiger partial charge in [-0.2, -0.15) is 0 Å². The summed E-state index contributed by atoms with van der Waals surface area (Å²) in [5.74, 6) is 1.04. The van der Waals surface area contributed by atoms with Crippen molar-refractivity contribution < 1.29 is 24.1 Å². The zero-order chi connectivity index (χ0) is 17.7. The molecule has 2 rings (SSSR count). The Balaban J connectivity index is 2.51. The summed E-state index contributed by atoms with van der Waals surface area (Å²) in [7, 11) is 4.69. The molecule has 0 radical (unpaired) electrons. The van der Waals surface area contributed by atoms with Crippen molar-refractivity contribution in [3.8, 4) is 17.2 Å². The van der Waals surface area contributed by atoms with Gasteiger partial charge in [-0.3, -0.25) is 4.79 Å². The van der Waals surface area contributed by atoms with Crippen molar-refractivity contribution in [2.45, 2.75) is 18.9 Å². The molecule has 0 aliphatic heterocycles. The minimum atomic E-state index is -1.16. The van der Waals surface area contributed by atoms with Gasteiger partial charge in [0, 0.05) is 5.92 Å². The number of rotatable bonds is 7. The molecule has 0 heterocycles. The lowest BCUT2D eigenvalue weighted by Gasteiger charge is -2.23. The molecule has 0 fully saturated rings. The standard InChI is InChI=1S/C19H22O5/c1-12(20)19(21)18(13-5-8-15(22-2)9-6-13)14-7-10-16(23-3)17(11-14)24-4/h5-11,18-19,21H,1-4H3. The fourth-order valence-corrected chi connectivity index (χ4v) is 2.65. The van der Waals surface area contributed by atoms with E-state index >= 15 is 0 Å². The number of ketones is 1. The fraction of sp³-hybridized carbons (Fsp3) is 0.316. The summed E-state index contributed by atoms with van der Waals surface area (Å²) in [6.07, 6.45) is -1.16. The van der Waals surface area contributed by atoms with Crippen molar-refractivity contribution in [1.82, 2.24) is 0 Å². The lowest BCUT2D eigenvalue weighted by atomic mass is 9.85. The molecule has 1 N–H and O–H groups in total. The Hall–Kier alpha value is -2.53. The Morgan fingerprint density at radius 2 is 1.46 bits per heavy atom. The van der Waals surface area contributed by atoms with Gasteiger partial charge in [-0.05, 0) is 42.3 Å². The van der Waals surface area contributed by atoms with Gasteiger partial charge in [-0.15, -0.1) is 0 Å². The number of hydrogen-bond donors (Lipinski definition) is 1. The van der Waals surface area contributed by atoms with Crippen molar-refractivity contribution in [2.24, 2.45) is 0 Å². The summed E-state index contributed by atoms with van der Waals surface area (Å²) < 4.78 is 15.7. The molecule has 0 saturated carbocycles. The number of Topliss-reactive ketones (excluding diaryl/α,β-unsaturated/α-hetero) is 1. The summed E-state index contributed by atoms with van der Waals surface area (Å²) in [5.41, 5.74) is 1.58. The van der Waals surface area contributed by atoms with Crippen molar-refractivity contribution in [3.63, 3.8) is 0 Å². The van der Waals surface area contributed by atoms with E-state index in [9.17, 15) is 9.90 Å². The number of aliphatic hydroxyl groups is 1. The SMILES string of the molecule is COc1ccc(C(c2ccc(OC)c(OC)c2)C(O)C(C)=O)cc1. The predicted octanol–water partition coefficient (Wildman–Crippen LogP) is 2.79. The highest BCUT2D eigenvalue weighted by Gasteiger charge is 2.27. The average molecular weight is 330 g/mol. The zero-order valence-electron chi connectivity index (χ0n) is 14.3. The summed E-state index contributed by atoms with van der Waals surface area (Å²) in [6.45, 7) is 1.38. The normalized spacial score (nSPS) is 13.0. The molecule has 128 valence electrons. The molecule has 0 spiro atoms. The van der Waals surface area contributed by atoms with E-state index < -0.39 is 12.0 Å². The van der Waals surface area contributed by atoms with Gasteiger partial charge < -0.3 is 19.3 Å². The second-order valence-corrected chi connectivity index (χ2v) is 5.42. The molecule has 2 atom stereocenters. The zero-order valence-corrected chi connectivity index (χ0v) is 14.3. The Kier molecular flexibility index (Phi) is 5.82. The fourth-order valence-electron chi connectivity index (χ4n) is 2.65. The molecule has 2 aromatic rings. The molecule has 5 nitrogen and oxygen atoms in total. The quantitative estimate of drug-likeness (QED) is 0.846. The van der Waals surface area contributed by atoms with Crippen LogP contribution < -0.4 is 14.2 Å². The van der Waals surface area contributed by atoms with E-state index in [2.05, 4.69) is 0 Å². The maximum Gasteiger partial charge on any atom is 0.161 e. The van der Waals surface area contributed by atoms with Crippen LogP contribution in [0.4, 0.5) is 0 Å². The Bertz CT molecular complexity index is 693. The topological polar surface area (TPSA) is 65.0 Å². The van der Waals surface area contributed by atoms with Crippen LogP contribution in [0.15, 0.2) is 42.5 Å². The average Bonchev–Trinajstić information content (AvgIpc) is 2.62. The van der Waals surface area contributed by atoms with Crippen LogP contribution in [0.2, 0.25) is 0 Å². The lowest BCUT2D eigenvalue weighted by Crippen LogP contribution is -2.26. The monoisotopic (exact) mass is 330 g/mol. The number of carbonyl (C=O) groups is 1. The van der Waals surface area contributed by atoms with E-state index in [1.54, 1.807) is 45.6 Å². The molecular formula is C19H22O5. The molecular weight excluding hydrogens is 308 g/mol. The number of hydrogen-bond acceptors (Lipinski definition) is 5. The van der Waals surface area contributed by atoms with Crippen LogP contribution in [0.25, 0.3) is 0 Å². The summed E-state index contributed by atoms with van der Waals surface area (Å²) in [4.78, 5) is 11.8. The van der Waals surface area contributed by atoms with E-state index in [1.165, 1.54) is 6.92 Å². The Morgan fingerprint density at radius 1 is 0.875 bits per heavy atom. The van der Waals surface area contributed by atoms with Crippen molar-refractivity contribution in [3.05, 3.63) is 53.6 Å². The molecule has 0 bridgehead atoms. The number of aliphatic hydroxyl groups excluding tert-OH is 1. The van der Waals surface area contributed by atoms with Crippen LogP contribution in [0.1, 0.15) is 24.0 Å². The van der Waals surface area contributed by atoms with Crippen molar-refractivity contribution in [1.29, 1.82) is 0 Å². The third kappa shape index (κ3) is 3.68. The molecule has 0 aromatic heterocycles. The molecule has 0 amide bonds. The van der Waals surface area contributed by atoms with Crippen LogP contribution in [0.3, 0.4) is 0 Å². The first-order valence-electron chi connectivity index (χ1n) is 7.56. The highest BCUT2D eigenvalue weighted by Crippen LogP contribution is 2.35. The van der Waals surface area contributed by atoms with Crippen LogP contribution in [-0.4, -0.2) is 38.3 Å². The number of benzene rings is 2. The second-order valence-electron chi connectivity index (χ2n) is 5.42. The number of methoxy groups -OCH3 is 3. The largest absolute Gasteiger partial charge is 0.497 e. The van der Waals surface area contributed by atoms with E-state index in [0.717, 1.165) is 11.1 Å². The molecule has 2 aromatic carbocycles. The van der Waals surface area contributed by atoms with Crippen molar-refractivity contribution in [2.75, 3.05) is 21.3 Å². The maximum atomic E-state index is 11.8. The van der Waals surface area contributed by atoms with Crippen LogP contribution in [-0.2, 0) is 4.79 Å². The first kappa shape index (κ1) is 17.8. The summed E-state index contributed by atoms with van der Waals surface area (Å²) >= 11 is 0. The van der Waals surface area contributed by atoms with Gasteiger partial charge in [0.25, 0.3) is 0 Å². The van der Waals surface area contributed by atoms with Gasteiger partial charge in [0.1, 0.15) is 11.9 Å². The lowest BCUT2D eigenvalue weighted by molar-refractivity contribution is -0.125. The minimum absolute atomic E-state index is 0.300. The third-order valence-corrected chi connectivity index (χ3v) is 3.97. The first-order chi connectivity index (χ1) is 11.5. The minimum Gasteiger partial charge on any atom is -0.497 e. The van der Waals surface area contributed by atoms with Gasteiger partial charge in [0.15, 0.2) is 17.3 Å². The molecule has 24 heavy (non-hydrogen) atoms. The molecule has 5 heteroatoms. The van der Waals surface area contributed by atoms with E-state index in [1.807, 2.05) is 18.2 Å². The molecule has 0 aliphatic carbocycles. The number of ether oxygens (including phenoxy) is 3. The van der Waals surface area contributed by atoms with Gasteiger partial charge in [0.05, 0.1) is 21.3 Å². The maximum absolute atomic E-state index is 11.8. The molecule has 0 aliphatic rings. The van der Waals surface area contributed by atoms with Gasteiger partial charge in [-0.1, -0.05) is 18.2 Å². The summed E-state index contributed by atoms with van der Waals surface area (Å²) in [5, 5.41) is 10.5. The van der Waals surface area contributed by atoms with Crippen LogP contribution in [0, 0.1) is 0 Å². The molecule has 2 unspecified atom stereocenters. The second kappa shape index (κ2) is 7.84. The Labute approximate surface area is 141 Å². The van der Waals surface area contributed by atoms with E-state index in [0.29, 0.717) is 17.2 Å². The van der Waals surface area contributed by atoms with Gasteiger partial charge in [0.2, 0.25) is 0 Å². The van der Waals surface area contributed by atoms with Gasteiger partial charge in [-0.25, -0.2) is 0 Å². The van der Waals surface area contributed by atoms with Crippen molar-refractivity contribution >= 4 is 5.78 Å². The van der Waals surface area contributed by atoms with Crippen LogP contribution >= 0.6 is 0 Å². The third-order valence-electron chi connectivity index (χ3n) is 3.97. The highest BCUT2D eigenvalue weighted by molar-refractivity contribution is 5.82. The first-order valence-corrected chi connectivity index (χ1v) is 7.56. The number of carbonyl (C=O) groups excluding carboxylic acids is 1. The van der Waals surface area contributed by atoms with E-state index in [4.69, 9.17) is 14.2 Å². The Morgan fingerprint density at radius 3 is 1.96 bits per heavy atom. The van der Waals surface area contributed by atoms with E-state index in [-0.39, 0.29) is 5.78 Å². The predicted molar refractivity (Wildman–Crippen MR) is 91.1 cm³/mol. The van der Waals surface area contributed by atoms with Crippen LogP contribution in [0.5, 0.6) is 17.2 Å². The van der Waals surface area contributed by atoms with Gasteiger partial charge >= 0.3 is 0 Å².